The molecule has 0 spiro atoms. The van der Waals surface area contributed by atoms with E-state index in [1.165, 1.54) is 6.07 Å². The van der Waals surface area contributed by atoms with Crippen LogP contribution in [0.4, 0.5) is 24.5 Å². The van der Waals surface area contributed by atoms with Crippen molar-refractivity contribution in [3.63, 3.8) is 0 Å². The van der Waals surface area contributed by atoms with E-state index in [9.17, 15) is 18.0 Å². The van der Waals surface area contributed by atoms with E-state index in [1.54, 1.807) is 6.07 Å². The van der Waals surface area contributed by atoms with Gasteiger partial charge in [0.1, 0.15) is 5.75 Å². The minimum atomic E-state index is -4.50. The Morgan fingerprint density at radius 3 is 2.48 bits per heavy atom. The Balaban J connectivity index is 1.75. The normalized spacial score (nSPS) is 14.6. The van der Waals surface area contributed by atoms with Crippen LogP contribution in [0.1, 0.15) is 16.7 Å². The maximum atomic E-state index is 13.1. The second kappa shape index (κ2) is 8.73. The molecule has 0 aromatic heterocycles. The van der Waals surface area contributed by atoms with Gasteiger partial charge in [0.25, 0.3) is 5.91 Å². The number of hydrogen-bond acceptors (Lipinski definition) is 4. The van der Waals surface area contributed by atoms with Crippen molar-refractivity contribution in [3.8, 4) is 5.75 Å². The number of carbonyl (C=O) groups is 1. The first-order valence-electron chi connectivity index (χ1n) is 9.28. The third-order valence-electron chi connectivity index (χ3n) is 4.80. The van der Waals surface area contributed by atoms with Crippen molar-refractivity contribution in [2.45, 2.75) is 20.0 Å². The average molecular weight is 408 g/mol. The third-order valence-corrected chi connectivity index (χ3v) is 4.80. The molecule has 1 heterocycles. The van der Waals surface area contributed by atoms with Gasteiger partial charge < -0.3 is 19.7 Å². The maximum Gasteiger partial charge on any atom is 0.416 e. The highest BCUT2D eigenvalue weighted by Gasteiger charge is 2.32. The van der Waals surface area contributed by atoms with E-state index in [2.05, 4.69) is 5.32 Å². The summed E-state index contributed by atoms with van der Waals surface area (Å²) in [5, 5.41) is 2.57. The van der Waals surface area contributed by atoms with E-state index >= 15 is 0 Å². The lowest BCUT2D eigenvalue weighted by Crippen LogP contribution is -2.37. The molecule has 1 aliphatic rings. The molecule has 0 bridgehead atoms. The minimum Gasteiger partial charge on any atom is -0.484 e. The number of benzene rings is 2. The number of alkyl halides is 3. The minimum absolute atomic E-state index is 0.107. The quantitative estimate of drug-likeness (QED) is 0.807. The number of hydrogen-bond donors (Lipinski definition) is 1. The van der Waals surface area contributed by atoms with E-state index < -0.39 is 17.6 Å². The predicted molar refractivity (Wildman–Crippen MR) is 105 cm³/mol. The number of ether oxygens (including phenoxy) is 2. The molecule has 0 aliphatic carbocycles. The van der Waals surface area contributed by atoms with Crippen LogP contribution in [-0.2, 0) is 15.7 Å². The first-order chi connectivity index (χ1) is 13.7. The third kappa shape index (κ3) is 5.41. The van der Waals surface area contributed by atoms with Crippen molar-refractivity contribution in [1.29, 1.82) is 0 Å². The molecule has 0 atom stereocenters. The van der Waals surface area contributed by atoms with E-state index in [4.69, 9.17) is 9.47 Å². The number of anilines is 2. The molecule has 156 valence electrons. The molecule has 0 radical (unpaired) electrons. The Labute approximate surface area is 167 Å². The summed E-state index contributed by atoms with van der Waals surface area (Å²) < 4.78 is 50.2. The monoisotopic (exact) mass is 408 g/mol. The Kier molecular flexibility index (Phi) is 6.32. The second-order valence-electron chi connectivity index (χ2n) is 6.91. The van der Waals surface area contributed by atoms with Crippen LogP contribution >= 0.6 is 0 Å². The largest absolute Gasteiger partial charge is 0.484 e. The van der Waals surface area contributed by atoms with Gasteiger partial charge >= 0.3 is 6.18 Å². The smallest absolute Gasteiger partial charge is 0.416 e. The molecule has 1 amide bonds. The first kappa shape index (κ1) is 21.0. The van der Waals surface area contributed by atoms with Gasteiger partial charge in [0.05, 0.1) is 30.2 Å². The number of rotatable bonds is 5. The van der Waals surface area contributed by atoms with E-state index in [0.717, 1.165) is 23.3 Å². The van der Waals surface area contributed by atoms with Crippen LogP contribution in [0, 0.1) is 13.8 Å². The molecule has 3 rings (SSSR count). The van der Waals surface area contributed by atoms with Crippen LogP contribution in [0.5, 0.6) is 5.75 Å². The van der Waals surface area contributed by atoms with Crippen molar-refractivity contribution in [1.82, 2.24) is 0 Å². The van der Waals surface area contributed by atoms with Crippen molar-refractivity contribution < 1.29 is 27.4 Å². The van der Waals surface area contributed by atoms with Crippen LogP contribution in [0.3, 0.4) is 0 Å². The highest BCUT2D eigenvalue weighted by Crippen LogP contribution is 2.35. The van der Waals surface area contributed by atoms with Gasteiger partial charge in [-0.05, 0) is 55.3 Å². The molecule has 0 unspecified atom stereocenters. The highest BCUT2D eigenvalue weighted by molar-refractivity contribution is 5.95. The molecule has 29 heavy (non-hydrogen) atoms. The van der Waals surface area contributed by atoms with Gasteiger partial charge in [-0.1, -0.05) is 6.07 Å². The summed E-state index contributed by atoms with van der Waals surface area (Å²) in [5.74, 6) is -0.00208. The summed E-state index contributed by atoms with van der Waals surface area (Å²) in [6.07, 6.45) is -4.50. The second-order valence-corrected chi connectivity index (χ2v) is 6.91. The molecule has 1 saturated heterocycles. The molecular weight excluding hydrogens is 385 g/mol. The SMILES string of the molecule is Cc1ccc(OCC(=O)Nc2cc(C(F)(F)F)ccc2N2CCOCC2)cc1C. The molecule has 1 fully saturated rings. The summed E-state index contributed by atoms with van der Waals surface area (Å²) in [6.45, 7) is 5.61. The van der Waals surface area contributed by atoms with Gasteiger partial charge in [-0.3, -0.25) is 4.79 Å². The average Bonchev–Trinajstić information content (AvgIpc) is 2.69. The number of halogens is 3. The number of carbonyl (C=O) groups excluding carboxylic acids is 1. The Bertz CT molecular complexity index is 878. The van der Waals surface area contributed by atoms with E-state index in [0.29, 0.717) is 37.7 Å². The molecule has 2 aromatic rings. The maximum absolute atomic E-state index is 13.1. The van der Waals surface area contributed by atoms with Crippen LogP contribution in [0.25, 0.3) is 0 Å². The number of aryl methyl sites for hydroxylation is 2. The summed E-state index contributed by atoms with van der Waals surface area (Å²) in [4.78, 5) is 14.3. The molecular formula is C21H23F3N2O3. The van der Waals surface area contributed by atoms with Gasteiger partial charge in [0.2, 0.25) is 0 Å². The van der Waals surface area contributed by atoms with Crippen molar-refractivity contribution in [3.05, 3.63) is 53.1 Å². The van der Waals surface area contributed by atoms with Crippen molar-refractivity contribution >= 4 is 17.3 Å². The standard InChI is InChI=1S/C21H23F3N2O3/c1-14-3-5-17(11-15(14)2)29-13-20(27)25-18-12-16(21(22,23)24)4-6-19(18)26-7-9-28-10-8-26/h3-6,11-12H,7-10,13H2,1-2H3,(H,25,27). The van der Waals surface area contributed by atoms with Gasteiger partial charge in [0, 0.05) is 13.1 Å². The van der Waals surface area contributed by atoms with Crippen LogP contribution in [-0.4, -0.2) is 38.8 Å². The summed E-state index contributed by atoms with van der Waals surface area (Å²) in [7, 11) is 0. The molecule has 8 heteroatoms. The molecule has 1 N–H and O–H groups in total. The Morgan fingerprint density at radius 2 is 1.83 bits per heavy atom. The fraction of sp³-hybridized carbons (Fsp3) is 0.381. The number of nitrogens with one attached hydrogen (secondary N) is 1. The number of amides is 1. The predicted octanol–water partition coefficient (Wildman–Crippen LogP) is 4.18. The lowest BCUT2D eigenvalue weighted by atomic mass is 10.1. The zero-order valence-electron chi connectivity index (χ0n) is 16.3. The van der Waals surface area contributed by atoms with E-state index in [-0.39, 0.29) is 12.3 Å². The van der Waals surface area contributed by atoms with Gasteiger partial charge in [-0.15, -0.1) is 0 Å². The molecule has 2 aromatic carbocycles. The zero-order valence-corrected chi connectivity index (χ0v) is 16.3. The molecule has 1 aliphatic heterocycles. The fourth-order valence-corrected chi connectivity index (χ4v) is 3.03. The lowest BCUT2D eigenvalue weighted by Gasteiger charge is -2.31. The Morgan fingerprint density at radius 1 is 1.10 bits per heavy atom. The fourth-order valence-electron chi connectivity index (χ4n) is 3.03. The van der Waals surface area contributed by atoms with Gasteiger partial charge in [-0.2, -0.15) is 13.2 Å². The Hall–Kier alpha value is -2.74. The topological polar surface area (TPSA) is 50.8 Å². The lowest BCUT2D eigenvalue weighted by molar-refractivity contribution is -0.137. The first-order valence-corrected chi connectivity index (χ1v) is 9.28. The van der Waals surface area contributed by atoms with E-state index in [1.807, 2.05) is 30.9 Å². The number of morpholine rings is 1. The van der Waals surface area contributed by atoms with Crippen LogP contribution in [0.15, 0.2) is 36.4 Å². The number of nitrogens with zero attached hydrogens (tertiary/aromatic N) is 1. The van der Waals surface area contributed by atoms with Crippen molar-refractivity contribution in [2.24, 2.45) is 0 Å². The summed E-state index contributed by atoms with van der Waals surface area (Å²) >= 11 is 0. The summed E-state index contributed by atoms with van der Waals surface area (Å²) in [6, 6.07) is 8.80. The highest BCUT2D eigenvalue weighted by atomic mass is 19.4. The molecule has 0 saturated carbocycles. The van der Waals surface area contributed by atoms with Crippen LogP contribution < -0.4 is 15.0 Å². The van der Waals surface area contributed by atoms with Crippen molar-refractivity contribution in [2.75, 3.05) is 43.1 Å². The summed E-state index contributed by atoms with van der Waals surface area (Å²) in [5.41, 5.74) is 1.94. The van der Waals surface area contributed by atoms with Gasteiger partial charge in [0.15, 0.2) is 6.61 Å². The zero-order chi connectivity index (χ0) is 21.0. The molecule has 5 nitrogen and oxygen atoms in total. The van der Waals surface area contributed by atoms with Gasteiger partial charge in [-0.25, -0.2) is 0 Å². The van der Waals surface area contributed by atoms with Crippen LogP contribution in [0.2, 0.25) is 0 Å².